The van der Waals surface area contributed by atoms with Crippen LogP contribution in [0.5, 0.6) is 0 Å². The van der Waals surface area contributed by atoms with Crippen molar-refractivity contribution in [2.24, 2.45) is 5.92 Å². The number of amides is 1. The lowest BCUT2D eigenvalue weighted by molar-refractivity contribution is 0.0711. The van der Waals surface area contributed by atoms with E-state index in [9.17, 15) is 4.79 Å². The van der Waals surface area contributed by atoms with E-state index >= 15 is 0 Å². The van der Waals surface area contributed by atoms with Crippen LogP contribution in [-0.4, -0.2) is 34.2 Å². The van der Waals surface area contributed by atoms with Crippen LogP contribution in [0.25, 0.3) is 0 Å². The maximum atomic E-state index is 12.3. The summed E-state index contributed by atoms with van der Waals surface area (Å²) in [5, 5.41) is 4.67. The van der Waals surface area contributed by atoms with Crippen LogP contribution in [0, 0.1) is 5.92 Å². The van der Waals surface area contributed by atoms with Gasteiger partial charge in [-0.2, -0.15) is 5.10 Å². The Labute approximate surface area is 128 Å². The first-order chi connectivity index (χ1) is 10.1. The molecule has 0 aromatic carbocycles. The minimum absolute atomic E-state index is 0.0633. The molecule has 1 fully saturated rings. The summed E-state index contributed by atoms with van der Waals surface area (Å²) in [5.74, 6) is 1.66. The number of nitrogens with zero attached hydrogens (tertiary/aromatic N) is 3. The predicted octanol–water partition coefficient (Wildman–Crippen LogP) is 3.05. The average molecular weight is 308 g/mol. The van der Waals surface area contributed by atoms with Crippen LogP contribution in [0.4, 0.5) is 0 Å². The maximum absolute atomic E-state index is 12.3. The molecule has 0 atom stereocenters. The number of hydrogen-bond donors (Lipinski definition) is 0. The Morgan fingerprint density at radius 3 is 2.95 bits per heavy atom. The highest BCUT2D eigenvalue weighted by molar-refractivity contribution is 6.30. The van der Waals surface area contributed by atoms with Crippen LogP contribution in [0.1, 0.15) is 35.6 Å². The lowest BCUT2D eigenvalue weighted by Gasteiger charge is -2.29. The molecule has 0 spiro atoms. The predicted molar refractivity (Wildman–Crippen MR) is 79.3 cm³/mol. The van der Waals surface area contributed by atoms with Crippen LogP contribution in [-0.2, 0) is 6.54 Å². The zero-order valence-corrected chi connectivity index (χ0v) is 12.7. The van der Waals surface area contributed by atoms with Crippen molar-refractivity contribution < 1.29 is 9.21 Å². The second-order valence-electron chi connectivity index (χ2n) is 5.60. The van der Waals surface area contributed by atoms with E-state index in [0.29, 0.717) is 29.0 Å². The molecule has 112 valence electrons. The fourth-order valence-corrected chi connectivity index (χ4v) is 2.65. The largest absolute Gasteiger partial charge is 0.454 e. The zero-order valence-electron chi connectivity index (χ0n) is 12.0. The van der Waals surface area contributed by atoms with Gasteiger partial charge >= 0.3 is 0 Å². The number of aromatic nitrogens is 2. The van der Waals surface area contributed by atoms with Gasteiger partial charge in [-0.3, -0.25) is 9.48 Å². The van der Waals surface area contributed by atoms with Crippen molar-refractivity contribution >= 4 is 17.5 Å². The van der Waals surface area contributed by atoms with Crippen LogP contribution in [0.2, 0.25) is 5.02 Å². The van der Waals surface area contributed by atoms with Gasteiger partial charge in [0, 0.05) is 19.8 Å². The quantitative estimate of drug-likeness (QED) is 0.853. The molecule has 2 aromatic rings. The molecule has 1 aliphatic rings. The Morgan fingerprint density at radius 2 is 2.33 bits per heavy atom. The first kappa shape index (κ1) is 14.2. The minimum atomic E-state index is -0.0633. The third kappa shape index (κ3) is 3.29. The summed E-state index contributed by atoms with van der Waals surface area (Å²) < 4.78 is 7.29. The molecule has 1 amide bonds. The summed E-state index contributed by atoms with van der Waals surface area (Å²) in [6, 6.07) is 3.53. The first-order valence-electron chi connectivity index (χ1n) is 7.14. The summed E-state index contributed by atoms with van der Waals surface area (Å²) in [6.45, 7) is 1.27. The lowest BCUT2D eigenvalue weighted by Crippen LogP contribution is -2.34. The summed E-state index contributed by atoms with van der Waals surface area (Å²) in [5.41, 5.74) is 0. The Bertz CT molecular complexity index is 630. The van der Waals surface area contributed by atoms with Gasteiger partial charge in [-0.05, 0) is 30.9 Å². The highest BCUT2D eigenvalue weighted by Crippen LogP contribution is 2.27. The van der Waals surface area contributed by atoms with Crippen molar-refractivity contribution in [3.63, 3.8) is 0 Å². The third-order valence-electron chi connectivity index (χ3n) is 3.90. The molecule has 21 heavy (non-hydrogen) atoms. The smallest absolute Gasteiger partial charge is 0.289 e. The Balaban J connectivity index is 1.61. The van der Waals surface area contributed by atoms with Crippen molar-refractivity contribution in [2.45, 2.75) is 25.8 Å². The molecule has 3 rings (SSSR count). The molecule has 0 radical (unpaired) electrons. The number of carbonyl (C=O) groups is 1. The van der Waals surface area contributed by atoms with Crippen LogP contribution in [0.15, 0.2) is 28.9 Å². The van der Waals surface area contributed by atoms with Gasteiger partial charge < -0.3 is 9.32 Å². The van der Waals surface area contributed by atoms with E-state index in [0.717, 1.165) is 6.54 Å². The second-order valence-corrected chi connectivity index (χ2v) is 6.04. The highest BCUT2D eigenvalue weighted by atomic mass is 35.5. The van der Waals surface area contributed by atoms with Crippen LogP contribution >= 0.6 is 11.6 Å². The zero-order chi connectivity index (χ0) is 14.8. The number of carbonyl (C=O) groups excluding carboxylic acids is 1. The molecular formula is C15H18ClN3O2. The van der Waals surface area contributed by atoms with Crippen molar-refractivity contribution in [1.29, 1.82) is 0 Å². The number of hydrogen-bond acceptors (Lipinski definition) is 3. The number of furan rings is 1. The van der Waals surface area contributed by atoms with Gasteiger partial charge in [-0.25, -0.2) is 0 Å². The molecule has 1 saturated carbocycles. The summed E-state index contributed by atoms with van der Waals surface area (Å²) >= 11 is 5.82. The second kappa shape index (κ2) is 5.93. The highest BCUT2D eigenvalue weighted by Gasteiger charge is 2.23. The van der Waals surface area contributed by atoms with E-state index in [1.54, 1.807) is 34.1 Å². The maximum Gasteiger partial charge on any atom is 0.289 e. The lowest BCUT2D eigenvalue weighted by atomic mass is 9.85. The van der Waals surface area contributed by atoms with E-state index in [2.05, 4.69) is 5.10 Å². The first-order valence-corrected chi connectivity index (χ1v) is 7.52. The van der Waals surface area contributed by atoms with Gasteiger partial charge in [-0.1, -0.05) is 18.0 Å². The standard InChI is InChI=1S/C15H18ClN3O2/c1-18(8-11-3-2-4-11)15(20)14-6-5-13(21-14)10-19-9-12(16)7-17-19/h5-7,9,11H,2-4,8,10H2,1H3. The molecule has 1 aliphatic carbocycles. The van der Waals surface area contributed by atoms with Gasteiger partial charge in [0.1, 0.15) is 5.76 Å². The molecule has 0 saturated heterocycles. The Hall–Kier alpha value is -1.75. The molecule has 0 N–H and O–H groups in total. The molecule has 2 aromatic heterocycles. The third-order valence-corrected chi connectivity index (χ3v) is 4.09. The number of halogens is 1. The van der Waals surface area contributed by atoms with E-state index in [1.807, 2.05) is 7.05 Å². The van der Waals surface area contributed by atoms with Gasteiger partial charge in [0.15, 0.2) is 5.76 Å². The summed E-state index contributed by atoms with van der Waals surface area (Å²) in [6.07, 6.45) is 7.02. The van der Waals surface area contributed by atoms with Gasteiger partial charge in [0.05, 0.1) is 17.8 Å². The Kier molecular flexibility index (Phi) is 4.01. The van der Waals surface area contributed by atoms with E-state index in [-0.39, 0.29) is 5.91 Å². The monoisotopic (exact) mass is 307 g/mol. The average Bonchev–Trinajstić information content (AvgIpc) is 3.03. The molecule has 0 aliphatic heterocycles. The SMILES string of the molecule is CN(CC1CCC1)C(=O)c1ccc(Cn2cc(Cl)cn2)o1. The van der Waals surface area contributed by atoms with E-state index in [4.69, 9.17) is 16.0 Å². The van der Waals surface area contributed by atoms with Gasteiger partial charge in [0.2, 0.25) is 0 Å². The van der Waals surface area contributed by atoms with E-state index < -0.39 is 0 Å². The van der Waals surface area contributed by atoms with Crippen molar-refractivity contribution in [3.8, 4) is 0 Å². The molecule has 0 bridgehead atoms. The normalized spacial score (nSPS) is 15.0. The van der Waals surface area contributed by atoms with Crippen LogP contribution in [0.3, 0.4) is 0 Å². The van der Waals surface area contributed by atoms with Gasteiger partial charge in [0.25, 0.3) is 5.91 Å². The molecule has 0 unspecified atom stereocenters. The minimum Gasteiger partial charge on any atom is -0.454 e. The van der Waals surface area contributed by atoms with Crippen molar-refractivity contribution in [1.82, 2.24) is 14.7 Å². The van der Waals surface area contributed by atoms with Crippen molar-refractivity contribution in [3.05, 3.63) is 41.1 Å². The molecule has 2 heterocycles. The topological polar surface area (TPSA) is 51.3 Å². The fraction of sp³-hybridized carbons (Fsp3) is 0.467. The summed E-state index contributed by atoms with van der Waals surface area (Å²) in [7, 11) is 1.83. The fourth-order valence-electron chi connectivity index (χ4n) is 2.50. The Morgan fingerprint density at radius 1 is 1.52 bits per heavy atom. The number of rotatable bonds is 5. The van der Waals surface area contributed by atoms with Gasteiger partial charge in [-0.15, -0.1) is 0 Å². The molecule has 5 nitrogen and oxygen atoms in total. The summed E-state index contributed by atoms with van der Waals surface area (Å²) in [4.78, 5) is 14.0. The van der Waals surface area contributed by atoms with Crippen LogP contribution < -0.4 is 0 Å². The van der Waals surface area contributed by atoms with Crippen molar-refractivity contribution in [2.75, 3.05) is 13.6 Å². The molecular weight excluding hydrogens is 290 g/mol. The van der Waals surface area contributed by atoms with E-state index in [1.165, 1.54) is 19.3 Å². The molecule has 6 heteroatoms.